The van der Waals surface area contributed by atoms with Gasteiger partial charge in [0.05, 0.1) is 5.52 Å². The highest BCUT2D eigenvalue weighted by atomic mass is 35.5. The van der Waals surface area contributed by atoms with Crippen LogP contribution in [0.3, 0.4) is 0 Å². The number of pyridine rings is 1. The number of hydrogen-bond donors (Lipinski definition) is 1. The summed E-state index contributed by atoms with van der Waals surface area (Å²) in [6.07, 6.45) is 4.26. The predicted octanol–water partition coefficient (Wildman–Crippen LogP) is 6.08. The monoisotopic (exact) mass is 344 g/mol. The fourth-order valence-corrected chi connectivity index (χ4v) is 3.89. The maximum Gasteiger partial charge on any atom is 0.120 e. The molecule has 0 saturated heterocycles. The van der Waals surface area contributed by atoms with Gasteiger partial charge >= 0.3 is 0 Å². The second-order valence-corrected chi connectivity index (χ2v) is 7.28. The zero-order valence-electron chi connectivity index (χ0n) is 13.7. The van der Waals surface area contributed by atoms with Crippen LogP contribution in [0.25, 0.3) is 10.9 Å². The molecule has 2 heterocycles. The summed E-state index contributed by atoms with van der Waals surface area (Å²) in [6, 6.07) is 8.02. The number of hydrogen-bond acceptors (Lipinski definition) is 2. The van der Waals surface area contributed by atoms with Crippen LogP contribution in [0.1, 0.15) is 35.7 Å². The summed E-state index contributed by atoms with van der Waals surface area (Å²) in [4.78, 5) is 8.25. The van der Waals surface area contributed by atoms with E-state index >= 15 is 0 Å². The van der Waals surface area contributed by atoms with Crippen LogP contribution in [0.15, 0.2) is 35.5 Å². The molecule has 0 saturated carbocycles. The first-order valence-electron chi connectivity index (χ1n) is 7.94. The number of nitrogens with zero attached hydrogens (tertiary/aromatic N) is 1. The van der Waals surface area contributed by atoms with E-state index in [-0.39, 0.29) is 0 Å². The van der Waals surface area contributed by atoms with Crippen molar-refractivity contribution in [3.05, 3.63) is 57.9 Å². The van der Waals surface area contributed by atoms with Crippen molar-refractivity contribution in [2.45, 2.75) is 44.4 Å². The van der Waals surface area contributed by atoms with Crippen molar-refractivity contribution in [2.24, 2.45) is 0 Å². The maximum absolute atomic E-state index is 5.95. The smallest absolute Gasteiger partial charge is 0.120 e. The van der Waals surface area contributed by atoms with Gasteiger partial charge in [0.25, 0.3) is 0 Å². The van der Waals surface area contributed by atoms with E-state index in [0.29, 0.717) is 0 Å². The van der Waals surface area contributed by atoms with E-state index in [9.17, 15) is 0 Å². The SMILES string of the molecule is CCCc1cnc(SCc2ccc(Cl)cc2)c2[nH]c(C)c(C)c12. The van der Waals surface area contributed by atoms with Crippen LogP contribution in [-0.4, -0.2) is 9.97 Å². The molecule has 2 aromatic heterocycles. The van der Waals surface area contributed by atoms with Crippen molar-refractivity contribution < 1.29 is 0 Å². The molecule has 4 heteroatoms. The molecule has 23 heavy (non-hydrogen) atoms. The number of nitrogens with one attached hydrogen (secondary N) is 1. The van der Waals surface area contributed by atoms with E-state index in [4.69, 9.17) is 16.6 Å². The van der Waals surface area contributed by atoms with Crippen LogP contribution in [-0.2, 0) is 12.2 Å². The third kappa shape index (κ3) is 3.41. The summed E-state index contributed by atoms with van der Waals surface area (Å²) >= 11 is 7.72. The number of thioether (sulfide) groups is 1. The van der Waals surface area contributed by atoms with Gasteiger partial charge in [-0.1, -0.05) is 48.8 Å². The number of benzene rings is 1. The summed E-state index contributed by atoms with van der Waals surface area (Å²) in [6.45, 7) is 6.55. The molecule has 0 fully saturated rings. The Bertz CT molecular complexity index is 821. The Morgan fingerprint density at radius 2 is 1.91 bits per heavy atom. The van der Waals surface area contributed by atoms with Crippen molar-refractivity contribution >= 4 is 34.3 Å². The van der Waals surface area contributed by atoms with Crippen molar-refractivity contribution in [1.82, 2.24) is 9.97 Å². The minimum atomic E-state index is 0.777. The van der Waals surface area contributed by atoms with Crippen LogP contribution >= 0.6 is 23.4 Å². The molecule has 3 rings (SSSR count). The first-order chi connectivity index (χ1) is 11.1. The molecule has 0 unspecified atom stereocenters. The van der Waals surface area contributed by atoms with Gasteiger partial charge in [-0.3, -0.25) is 0 Å². The van der Waals surface area contributed by atoms with E-state index < -0.39 is 0 Å². The van der Waals surface area contributed by atoms with Gasteiger partial charge in [-0.25, -0.2) is 4.98 Å². The molecule has 0 atom stereocenters. The first-order valence-corrected chi connectivity index (χ1v) is 9.30. The van der Waals surface area contributed by atoms with Crippen molar-refractivity contribution in [3.8, 4) is 0 Å². The Labute approximate surface area is 146 Å². The highest BCUT2D eigenvalue weighted by Crippen LogP contribution is 2.33. The van der Waals surface area contributed by atoms with Crippen LogP contribution in [0.4, 0.5) is 0 Å². The topological polar surface area (TPSA) is 28.7 Å². The van der Waals surface area contributed by atoms with E-state index in [1.807, 2.05) is 12.1 Å². The van der Waals surface area contributed by atoms with E-state index in [0.717, 1.165) is 28.6 Å². The van der Waals surface area contributed by atoms with Crippen LogP contribution in [0, 0.1) is 13.8 Å². The molecule has 1 aromatic carbocycles. The van der Waals surface area contributed by atoms with E-state index in [1.54, 1.807) is 11.8 Å². The lowest BCUT2D eigenvalue weighted by molar-refractivity contribution is 0.916. The Kier molecular flexibility index (Phi) is 4.98. The number of fused-ring (bicyclic) bond motifs is 1. The summed E-state index contributed by atoms with van der Waals surface area (Å²) < 4.78 is 0. The Morgan fingerprint density at radius 3 is 2.61 bits per heavy atom. The standard InChI is InChI=1S/C19H21ClN2S/c1-4-5-15-10-21-19(18-17(15)12(2)13(3)22-18)23-11-14-6-8-16(20)9-7-14/h6-10,22H,4-5,11H2,1-3H3. The lowest BCUT2D eigenvalue weighted by Crippen LogP contribution is -1.92. The van der Waals surface area contributed by atoms with Crippen LogP contribution in [0.2, 0.25) is 5.02 Å². The van der Waals surface area contributed by atoms with Crippen molar-refractivity contribution in [3.63, 3.8) is 0 Å². The van der Waals surface area contributed by atoms with Crippen molar-refractivity contribution in [2.75, 3.05) is 0 Å². The zero-order chi connectivity index (χ0) is 16.4. The minimum absolute atomic E-state index is 0.777. The molecule has 1 N–H and O–H groups in total. The molecule has 2 nitrogen and oxygen atoms in total. The lowest BCUT2D eigenvalue weighted by atomic mass is 10.0. The Balaban J connectivity index is 1.93. The van der Waals surface area contributed by atoms with Gasteiger partial charge in [-0.2, -0.15) is 0 Å². The fraction of sp³-hybridized carbons (Fsp3) is 0.316. The van der Waals surface area contributed by atoms with Gasteiger partial charge < -0.3 is 4.98 Å². The van der Waals surface area contributed by atoms with E-state index in [1.165, 1.54) is 33.3 Å². The summed E-state index contributed by atoms with van der Waals surface area (Å²) in [7, 11) is 0. The largest absolute Gasteiger partial charge is 0.356 e. The highest BCUT2D eigenvalue weighted by Gasteiger charge is 2.14. The molecule has 0 spiro atoms. The number of H-pyrrole nitrogens is 1. The van der Waals surface area contributed by atoms with Gasteiger partial charge in [0.15, 0.2) is 0 Å². The van der Waals surface area contributed by atoms with Gasteiger partial charge in [0, 0.05) is 28.1 Å². The molecule has 0 aliphatic heterocycles. The zero-order valence-corrected chi connectivity index (χ0v) is 15.3. The minimum Gasteiger partial charge on any atom is -0.356 e. The van der Waals surface area contributed by atoms with Crippen molar-refractivity contribution in [1.29, 1.82) is 0 Å². The molecule has 0 amide bonds. The third-order valence-electron chi connectivity index (χ3n) is 4.18. The lowest BCUT2D eigenvalue weighted by Gasteiger charge is -2.07. The maximum atomic E-state index is 5.95. The molecule has 0 bridgehead atoms. The average Bonchev–Trinajstić information content (AvgIpc) is 2.84. The quantitative estimate of drug-likeness (QED) is 0.568. The van der Waals surface area contributed by atoms with Gasteiger partial charge in [-0.15, -0.1) is 0 Å². The number of aryl methyl sites for hydroxylation is 3. The van der Waals surface area contributed by atoms with Crippen LogP contribution < -0.4 is 0 Å². The molecule has 0 aliphatic rings. The van der Waals surface area contributed by atoms with Crippen LogP contribution in [0.5, 0.6) is 0 Å². The molecule has 0 aliphatic carbocycles. The predicted molar refractivity (Wildman–Crippen MR) is 101 cm³/mol. The number of aromatic amines is 1. The second-order valence-electron chi connectivity index (χ2n) is 5.88. The molecule has 3 aromatic rings. The number of halogens is 1. The number of aromatic nitrogens is 2. The third-order valence-corrected chi connectivity index (χ3v) is 5.49. The van der Waals surface area contributed by atoms with Gasteiger partial charge in [0.1, 0.15) is 5.03 Å². The summed E-state index contributed by atoms with van der Waals surface area (Å²) in [5, 5.41) is 3.21. The Morgan fingerprint density at radius 1 is 1.17 bits per heavy atom. The molecule has 120 valence electrons. The van der Waals surface area contributed by atoms with E-state index in [2.05, 4.69) is 44.1 Å². The van der Waals surface area contributed by atoms with Gasteiger partial charge in [-0.05, 0) is 49.1 Å². The fourth-order valence-electron chi connectivity index (χ4n) is 2.85. The summed E-state index contributed by atoms with van der Waals surface area (Å²) in [5.74, 6) is 0.892. The molecule has 0 radical (unpaired) electrons. The first kappa shape index (κ1) is 16.4. The normalized spacial score (nSPS) is 11.3. The molecular weight excluding hydrogens is 324 g/mol. The highest BCUT2D eigenvalue weighted by molar-refractivity contribution is 7.98. The number of rotatable bonds is 5. The Hall–Kier alpha value is -1.45. The summed E-state index contributed by atoms with van der Waals surface area (Å²) in [5.41, 5.74) is 6.37. The second kappa shape index (κ2) is 6.98. The average molecular weight is 345 g/mol. The molecular formula is C19H21ClN2S. The van der Waals surface area contributed by atoms with Gasteiger partial charge in [0.2, 0.25) is 0 Å².